The molecular formula is C10H7BrCl3N3. The van der Waals surface area contributed by atoms with Gasteiger partial charge in [-0.25, -0.2) is 0 Å². The summed E-state index contributed by atoms with van der Waals surface area (Å²) in [4.78, 5) is 0. The van der Waals surface area contributed by atoms with Crippen molar-refractivity contribution in [1.82, 2.24) is 14.8 Å². The Morgan fingerprint density at radius 3 is 2.53 bits per heavy atom. The summed E-state index contributed by atoms with van der Waals surface area (Å²) in [7, 11) is 0. The zero-order valence-electron chi connectivity index (χ0n) is 8.72. The highest BCUT2D eigenvalue weighted by Crippen LogP contribution is 2.36. The molecule has 2 rings (SSSR count). The van der Waals surface area contributed by atoms with E-state index in [-0.39, 0.29) is 5.28 Å². The highest BCUT2D eigenvalue weighted by molar-refractivity contribution is 9.10. The van der Waals surface area contributed by atoms with Crippen LogP contribution >= 0.6 is 50.7 Å². The second-order valence-electron chi connectivity index (χ2n) is 3.27. The van der Waals surface area contributed by atoms with Crippen LogP contribution in [0.15, 0.2) is 16.6 Å². The minimum Gasteiger partial charge on any atom is -0.268 e. The van der Waals surface area contributed by atoms with Gasteiger partial charge in [-0.1, -0.05) is 30.1 Å². The highest BCUT2D eigenvalue weighted by atomic mass is 79.9. The molecule has 0 saturated carbocycles. The Kier molecular flexibility index (Phi) is 3.98. The molecule has 3 nitrogen and oxygen atoms in total. The summed E-state index contributed by atoms with van der Waals surface area (Å²) in [6, 6.07) is 3.62. The first-order chi connectivity index (χ1) is 8.06. The van der Waals surface area contributed by atoms with Gasteiger partial charge in [0.15, 0.2) is 0 Å². The van der Waals surface area contributed by atoms with Crippen LogP contribution in [0.25, 0.3) is 5.69 Å². The molecule has 0 amide bonds. The number of aromatic nitrogens is 3. The first-order valence-electron chi connectivity index (χ1n) is 4.80. The quantitative estimate of drug-likeness (QED) is 0.740. The van der Waals surface area contributed by atoms with Crippen molar-refractivity contribution in [3.8, 4) is 5.69 Å². The van der Waals surface area contributed by atoms with Crippen LogP contribution in [-0.4, -0.2) is 14.8 Å². The van der Waals surface area contributed by atoms with Crippen molar-refractivity contribution in [3.05, 3.63) is 37.8 Å². The van der Waals surface area contributed by atoms with Crippen LogP contribution < -0.4 is 0 Å². The van der Waals surface area contributed by atoms with Crippen molar-refractivity contribution in [2.75, 3.05) is 0 Å². The molecule has 0 fully saturated rings. The van der Waals surface area contributed by atoms with E-state index < -0.39 is 0 Å². The lowest BCUT2D eigenvalue weighted by Gasteiger charge is -2.10. The SMILES string of the molecule is CCc1nnc(Cl)n1-c1ccc(Br)c(Cl)c1Cl. The van der Waals surface area contributed by atoms with Gasteiger partial charge in [0, 0.05) is 10.9 Å². The predicted molar refractivity (Wildman–Crippen MR) is 73.5 cm³/mol. The topological polar surface area (TPSA) is 30.7 Å². The van der Waals surface area contributed by atoms with Gasteiger partial charge in [-0.2, -0.15) is 0 Å². The zero-order chi connectivity index (χ0) is 12.6. The van der Waals surface area contributed by atoms with Gasteiger partial charge in [0.05, 0.1) is 15.7 Å². The summed E-state index contributed by atoms with van der Waals surface area (Å²) >= 11 is 21.6. The van der Waals surface area contributed by atoms with Crippen LogP contribution in [0.4, 0.5) is 0 Å². The molecule has 0 atom stereocenters. The van der Waals surface area contributed by atoms with E-state index in [2.05, 4.69) is 26.1 Å². The number of aryl methyl sites for hydroxylation is 1. The van der Waals surface area contributed by atoms with Crippen LogP contribution in [0, 0.1) is 0 Å². The molecule has 0 aliphatic carbocycles. The molecule has 1 aromatic heterocycles. The predicted octanol–water partition coefficient (Wildman–Crippen LogP) is 4.55. The normalized spacial score (nSPS) is 10.9. The van der Waals surface area contributed by atoms with Crippen molar-refractivity contribution in [2.45, 2.75) is 13.3 Å². The van der Waals surface area contributed by atoms with Crippen LogP contribution in [0.5, 0.6) is 0 Å². The number of hydrogen-bond donors (Lipinski definition) is 0. The van der Waals surface area contributed by atoms with Gasteiger partial charge in [0.1, 0.15) is 5.82 Å². The molecule has 0 N–H and O–H groups in total. The van der Waals surface area contributed by atoms with Gasteiger partial charge < -0.3 is 0 Å². The molecule has 1 aromatic carbocycles. The Labute approximate surface area is 122 Å². The monoisotopic (exact) mass is 353 g/mol. The third-order valence-corrected chi connectivity index (χ3v) is 4.27. The molecule has 0 radical (unpaired) electrons. The van der Waals surface area contributed by atoms with Gasteiger partial charge in [0.2, 0.25) is 5.28 Å². The van der Waals surface area contributed by atoms with E-state index in [0.717, 1.165) is 10.3 Å². The lowest BCUT2D eigenvalue weighted by molar-refractivity contribution is 0.883. The number of rotatable bonds is 2. The Hall–Kier alpha value is -0.290. The van der Waals surface area contributed by atoms with Crippen molar-refractivity contribution in [1.29, 1.82) is 0 Å². The first-order valence-corrected chi connectivity index (χ1v) is 6.72. The van der Waals surface area contributed by atoms with E-state index in [0.29, 0.717) is 22.2 Å². The van der Waals surface area contributed by atoms with Crippen LogP contribution in [0.1, 0.15) is 12.7 Å². The summed E-state index contributed by atoms with van der Waals surface area (Å²) in [5.41, 5.74) is 0.673. The maximum Gasteiger partial charge on any atom is 0.229 e. The number of benzene rings is 1. The first kappa shape index (κ1) is 13.1. The highest BCUT2D eigenvalue weighted by Gasteiger charge is 2.16. The van der Waals surface area contributed by atoms with E-state index in [1.54, 1.807) is 10.6 Å². The molecule has 17 heavy (non-hydrogen) atoms. The van der Waals surface area contributed by atoms with E-state index >= 15 is 0 Å². The molecule has 2 aromatic rings. The molecule has 0 bridgehead atoms. The van der Waals surface area contributed by atoms with Gasteiger partial charge in [-0.05, 0) is 39.7 Å². The molecule has 0 unspecified atom stereocenters. The molecular weight excluding hydrogens is 348 g/mol. The molecule has 0 saturated heterocycles. The average molecular weight is 355 g/mol. The summed E-state index contributed by atoms with van der Waals surface area (Å²) in [6.07, 6.45) is 0.698. The van der Waals surface area contributed by atoms with Crippen molar-refractivity contribution in [3.63, 3.8) is 0 Å². The Balaban J connectivity index is 2.68. The summed E-state index contributed by atoms with van der Waals surface area (Å²) in [6.45, 7) is 1.96. The van der Waals surface area contributed by atoms with E-state index in [9.17, 15) is 0 Å². The third-order valence-electron chi connectivity index (χ3n) is 2.26. The van der Waals surface area contributed by atoms with Crippen molar-refractivity contribution >= 4 is 50.7 Å². The van der Waals surface area contributed by atoms with Crippen LogP contribution in [-0.2, 0) is 6.42 Å². The second-order valence-corrected chi connectivity index (χ2v) is 5.22. The van der Waals surface area contributed by atoms with E-state index in [4.69, 9.17) is 34.8 Å². The minimum atomic E-state index is 0.266. The number of hydrogen-bond acceptors (Lipinski definition) is 2. The second kappa shape index (κ2) is 5.14. The minimum absolute atomic E-state index is 0.266. The molecule has 0 spiro atoms. The summed E-state index contributed by atoms with van der Waals surface area (Å²) in [5.74, 6) is 0.732. The Morgan fingerprint density at radius 1 is 1.18 bits per heavy atom. The lowest BCUT2D eigenvalue weighted by atomic mass is 10.3. The zero-order valence-corrected chi connectivity index (χ0v) is 12.6. The summed E-state index contributed by atoms with van der Waals surface area (Å²) < 4.78 is 2.41. The van der Waals surface area contributed by atoms with Gasteiger partial charge in [0.25, 0.3) is 0 Å². The van der Waals surface area contributed by atoms with E-state index in [1.807, 2.05) is 13.0 Å². The Morgan fingerprint density at radius 2 is 1.88 bits per heavy atom. The van der Waals surface area contributed by atoms with Crippen LogP contribution in [0.2, 0.25) is 15.3 Å². The lowest BCUT2D eigenvalue weighted by Crippen LogP contribution is -2.01. The maximum atomic E-state index is 6.19. The van der Waals surface area contributed by atoms with Gasteiger partial charge in [-0.15, -0.1) is 10.2 Å². The molecule has 1 heterocycles. The van der Waals surface area contributed by atoms with E-state index in [1.165, 1.54) is 0 Å². The largest absolute Gasteiger partial charge is 0.268 e. The smallest absolute Gasteiger partial charge is 0.229 e. The average Bonchev–Trinajstić information content (AvgIpc) is 2.68. The molecule has 7 heteroatoms. The molecule has 90 valence electrons. The molecule has 0 aliphatic heterocycles. The molecule has 0 aliphatic rings. The maximum absolute atomic E-state index is 6.19. The van der Waals surface area contributed by atoms with Crippen LogP contribution in [0.3, 0.4) is 0 Å². The van der Waals surface area contributed by atoms with Crippen molar-refractivity contribution in [2.24, 2.45) is 0 Å². The Bertz CT molecular complexity index is 568. The summed E-state index contributed by atoms with van der Waals surface area (Å²) in [5, 5.41) is 8.91. The van der Waals surface area contributed by atoms with Gasteiger partial charge >= 0.3 is 0 Å². The van der Waals surface area contributed by atoms with Crippen molar-refractivity contribution < 1.29 is 0 Å². The fraction of sp³-hybridized carbons (Fsp3) is 0.200. The third kappa shape index (κ3) is 2.32. The standard InChI is InChI=1S/C10H7BrCl3N3/c1-2-7-15-16-10(14)17(7)6-4-3-5(11)8(12)9(6)13/h3-4H,2H2,1H3. The number of nitrogens with zero attached hydrogens (tertiary/aromatic N) is 3. The number of halogens is 4. The fourth-order valence-corrected chi connectivity index (χ4v) is 2.53. The fourth-order valence-electron chi connectivity index (χ4n) is 1.45. The van der Waals surface area contributed by atoms with Gasteiger partial charge in [-0.3, -0.25) is 4.57 Å².